The fraction of sp³-hybridized carbons (Fsp3) is 0.176. The van der Waals surface area contributed by atoms with Gasteiger partial charge < -0.3 is 25.2 Å². The molecule has 1 amide bonds. The highest BCUT2D eigenvalue weighted by Gasteiger charge is 2.26. The van der Waals surface area contributed by atoms with Gasteiger partial charge in [0.05, 0.1) is 17.6 Å². The van der Waals surface area contributed by atoms with Crippen molar-refractivity contribution in [1.82, 2.24) is 4.90 Å². The van der Waals surface area contributed by atoms with Gasteiger partial charge in [-0.3, -0.25) is 14.3 Å². The SMILES string of the molecule is COc1ccc(S(=O)(=O)Nc2cccc(C(=O)c3ccc4c(c3)NC(=O)C4=CNc3ccc(N4CCN(C)CC4)cc3)c2)cc1. The first-order chi connectivity index (χ1) is 21.7. The highest BCUT2D eigenvalue weighted by molar-refractivity contribution is 7.92. The average molecular weight is 624 g/mol. The maximum Gasteiger partial charge on any atom is 0.261 e. The average Bonchev–Trinajstić information content (AvgIpc) is 3.37. The quantitative estimate of drug-likeness (QED) is 0.178. The highest BCUT2D eigenvalue weighted by Crippen LogP contribution is 2.33. The van der Waals surface area contributed by atoms with Crippen LogP contribution in [-0.2, 0) is 14.8 Å². The van der Waals surface area contributed by atoms with Crippen LogP contribution in [0.3, 0.4) is 0 Å². The van der Waals surface area contributed by atoms with E-state index in [1.165, 1.54) is 31.0 Å². The van der Waals surface area contributed by atoms with Crippen LogP contribution in [0, 0.1) is 0 Å². The number of piperazine rings is 1. The highest BCUT2D eigenvalue weighted by atomic mass is 32.2. The van der Waals surface area contributed by atoms with Crippen molar-refractivity contribution in [3.05, 3.63) is 114 Å². The molecule has 0 aliphatic carbocycles. The molecule has 2 heterocycles. The summed E-state index contributed by atoms with van der Waals surface area (Å²) in [6.45, 7) is 4.05. The Bertz CT molecular complexity index is 1880. The van der Waals surface area contributed by atoms with Crippen molar-refractivity contribution in [1.29, 1.82) is 0 Å². The van der Waals surface area contributed by atoms with Gasteiger partial charge in [-0.15, -0.1) is 0 Å². The van der Waals surface area contributed by atoms with Crippen LogP contribution in [0.15, 0.2) is 102 Å². The second-order valence-electron chi connectivity index (χ2n) is 10.9. The Labute approximate surface area is 262 Å². The van der Waals surface area contributed by atoms with Gasteiger partial charge in [0, 0.05) is 71.8 Å². The normalized spacial score (nSPS) is 15.8. The molecule has 230 valence electrons. The lowest BCUT2D eigenvalue weighted by Gasteiger charge is -2.34. The van der Waals surface area contributed by atoms with Crippen LogP contribution in [-0.4, -0.2) is 65.3 Å². The summed E-state index contributed by atoms with van der Waals surface area (Å²) in [5, 5.41) is 6.07. The zero-order valence-electron chi connectivity index (χ0n) is 24.9. The third-order valence-corrected chi connectivity index (χ3v) is 9.33. The molecule has 0 atom stereocenters. The first kappa shape index (κ1) is 29.9. The monoisotopic (exact) mass is 623 g/mol. The van der Waals surface area contributed by atoms with Gasteiger partial charge in [-0.05, 0) is 73.8 Å². The summed E-state index contributed by atoms with van der Waals surface area (Å²) < 4.78 is 33.4. The summed E-state index contributed by atoms with van der Waals surface area (Å²) in [6, 6.07) is 25.5. The molecule has 0 unspecified atom stereocenters. The van der Waals surface area contributed by atoms with Crippen LogP contribution < -0.4 is 25.0 Å². The number of rotatable bonds is 9. The van der Waals surface area contributed by atoms with Crippen LogP contribution in [0.25, 0.3) is 5.57 Å². The number of carbonyl (C=O) groups excluding carboxylic acids is 2. The number of hydrogen-bond acceptors (Lipinski definition) is 8. The minimum Gasteiger partial charge on any atom is -0.497 e. The standard InChI is InChI=1S/C34H33N5O5S/c1-38-16-18-39(19-17-38)27-9-7-25(8-10-27)35-22-31-30-15-6-24(21-32(30)36-34(31)41)33(40)23-4-3-5-26(20-23)37-45(42,43)29-13-11-28(44-2)12-14-29/h3-15,20-22,35,37H,16-19H2,1-2H3,(H,36,41). The molecule has 2 aliphatic heterocycles. The summed E-state index contributed by atoms with van der Waals surface area (Å²) >= 11 is 0. The molecule has 6 rings (SSSR count). The number of amides is 1. The van der Waals surface area contributed by atoms with E-state index in [1.54, 1.807) is 54.7 Å². The van der Waals surface area contributed by atoms with E-state index in [0.29, 0.717) is 33.7 Å². The van der Waals surface area contributed by atoms with Gasteiger partial charge in [0.2, 0.25) is 0 Å². The first-order valence-corrected chi connectivity index (χ1v) is 16.0. The smallest absolute Gasteiger partial charge is 0.261 e. The zero-order chi connectivity index (χ0) is 31.6. The molecule has 0 bridgehead atoms. The third kappa shape index (κ3) is 6.54. The van der Waals surface area contributed by atoms with Gasteiger partial charge in [0.1, 0.15) is 5.75 Å². The molecule has 0 saturated carbocycles. The number of nitrogens with one attached hydrogen (secondary N) is 3. The summed E-state index contributed by atoms with van der Waals surface area (Å²) in [6.07, 6.45) is 1.67. The van der Waals surface area contributed by atoms with Gasteiger partial charge in [-0.2, -0.15) is 0 Å². The van der Waals surface area contributed by atoms with Crippen molar-refractivity contribution >= 4 is 50.0 Å². The van der Waals surface area contributed by atoms with Crippen LogP contribution in [0.2, 0.25) is 0 Å². The lowest BCUT2D eigenvalue weighted by Crippen LogP contribution is -2.44. The van der Waals surface area contributed by atoms with E-state index in [1.807, 2.05) is 12.1 Å². The van der Waals surface area contributed by atoms with Crippen LogP contribution in [0.4, 0.5) is 22.7 Å². The van der Waals surface area contributed by atoms with Crippen molar-refractivity contribution in [3.63, 3.8) is 0 Å². The van der Waals surface area contributed by atoms with Crippen molar-refractivity contribution in [2.24, 2.45) is 0 Å². The number of ketones is 1. The van der Waals surface area contributed by atoms with Crippen LogP contribution >= 0.6 is 0 Å². The molecule has 4 aromatic carbocycles. The predicted molar refractivity (Wildman–Crippen MR) is 177 cm³/mol. The van der Waals surface area contributed by atoms with Gasteiger partial charge in [0.25, 0.3) is 15.9 Å². The second-order valence-corrected chi connectivity index (χ2v) is 12.6. The fourth-order valence-corrected chi connectivity index (χ4v) is 6.38. The number of methoxy groups -OCH3 is 1. The molecule has 10 nitrogen and oxygen atoms in total. The molecule has 0 radical (unpaired) electrons. The van der Waals surface area contributed by atoms with Crippen molar-refractivity contribution in [3.8, 4) is 5.75 Å². The Morgan fingerprint density at radius 1 is 0.867 bits per heavy atom. The maximum absolute atomic E-state index is 13.4. The lowest BCUT2D eigenvalue weighted by molar-refractivity contribution is -0.110. The van der Waals surface area contributed by atoms with Crippen LogP contribution in [0.1, 0.15) is 21.5 Å². The van der Waals surface area contributed by atoms with E-state index in [2.05, 4.69) is 44.3 Å². The molecule has 45 heavy (non-hydrogen) atoms. The number of fused-ring (bicyclic) bond motifs is 1. The number of likely N-dealkylation sites (N-methyl/N-ethyl adjacent to an activating group) is 1. The maximum atomic E-state index is 13.4. The van der Waals surface area contributed by atoms with E-state index in [4.69, 9.17) is 4.74 Å². The predicted octanol–water partition coefficient (Wildman–Crippen LogP) is 4.88. The molecule has 3 N–H and O–H groups in total. The molecule has 1 saturated heterocycles. The van der Waals surface area contributed by atoms with Crippen molar-refractivity contribution in [2.45, 2.75) is 4.90 Å². The second kappa shape index (κ2) is 12.5. The Morgan fingerprint density at radius 3 is 2.29 bits per heavy atom. The van der Waals surface area contributed by atoms with Crippen molar-refractivity contribution in [2.75, 3.05) is 60.6 Å². The number of nitrogens with zero attached hydrogens (tertiary/aromatic N) is 2. The van der Waals surface area contributed by atoms with Gasteiger partial charge in [-0.25, -0.2) is 8.42 Å². The molecular formula is C34H33N5O5S. The zero-order valence-corrected chi connectivity index (χ0v) is 25.7. The Hall–Kier alpha value is -5.13. The molecule has 1 fully saturated rings. The van der Waals surface area contributed by atoms with E-state index in [-0.39, 0.29) is 22.3 Å². The summed E-state index contributed by atoms with van der Waals surface area (Å²) in [5.74, 6) is -0.0444. The fourth-order valence-electron chi connectivity index (χ4n) is 5.33. The van der Waals surface area contributed by atoms with E-state index in [0.717, 1.165) is 31.9 Å². The molecular weight excluding hydrogens is 590 g/mol. The number of carbonyl (C=O) groups is 2. The summed E-state index contributed by atoms with van der Waals surface area (Å²) in [5.41, 5.74) is 4.60. The minimum absolute atomic E-state index is 0.0652. The van der Waals surface area contributed by atoms with E-state index >= 15 is 0 Å². The molecule has 11 heteroatoms. The molecule has 2 aliphatic rings. The third-order valence-electron chi connectivity index (χ3n) is 7.93. The Balaban J connectivity index is 1.14. The number of ether oxygens (including phenoxy) is 1. The lowest BCUT2D eigenvalue weighted by atomic mass is 9.99. The topological polar surface area (TPSA) is 120 Å². The largest absolute Gasteiger partial charge is 0.497 e. The van der Waals surface area contributed by atoms with E-state index < -0.39 is 10.0 Å². The number of benzene rings is 4. The number of sulfonamides is 1. The summed E-state index contributed by atoms with van der Waals surface area (Å²) in [4.78, 5) is 31.0. The van der Waals surface area contributed by atoms with Gasteiger partial charge >= 0.3 is 0 Å². The van der Waals surface area contributed by atoms with Gasteiger partial charge in [0.15, 0.2) is 5.78 Å². The molecule has 4 aromatic rings. The van der Waals surface area contributed by atoms with E-state index in [9.17, 15) is 18.0 Å². The Kier molecular flexibility index (Phi) is 8.29. The minimum atomic E-state index is -3.88. The Morgan fingerprint density at radius 2 is 1.58 bits per heavy atom. The van der Waals surface area contributed by atoms with Crippen LogP contribution in [0.5, 0.6) is 5.75 Å². The number of anilines is 4. The van der Waals surface area contributed by atoms with Gasteiger partial charge in [-0.1, -0.05) is 24.3 Å². The van der Waals surface area contributed by atoms with Crippen molar-refractivity contribution < 1.29 is 22.7 Å². The molecule has 0 aromatic heterocycles. The first-order valence-electron chi connectivity index (χ1n) is 14.5. The molecule has 0 spiro atoms. The summed E-state index contributed by atoms with van der Waals surface area (Å²) in [7, 11) is -0.247. The number of hydrogen-bond donors (Lipinski definition) is 3.